The topological polar surface area (TPSA) is 37.3 Å². The lowest BCUT2D eigenvalue weighted by molar-refractivity contribution is 0.0699. The number of carboxylic acids is 1. The third-order valence-corrected chi connectivity index (χ3v) is 4.07. The number of carbonyl (C=O) groups is 1. The van der Waals surface area contributed by atoms with Gasteiger partial charge in [0.05, 0.1) is 5.56 Å². The van der Waals surface area contributed by atoms with Gasteiger partial charge in [-0.1, -0.05) is 45.7 Å². The maximum Gasteiger partial charge on any atom is 0.336 e. The molecule has 0 fully saturated rings. The van der Waals surface area contributed by atoms with E-state index in [1.54, 1.807) is 18.2 Å². The van der Waals surface area contributed by atoms with Crippen molar-refractivity contribution in [1.29, 1.82) is 0 Å². The van der Waals surface area contributed by atoms with Crippen LogP contribution in [0, 0.1) is 0 Å². The van der Waals surface area contributed by atoms with E-state index < -0.39 is 5.97 Å². The maximum absolute atomic E-state index is 11.5. The molecule has 3 aromatic carbocycles. The minimum Gasteiger partial charge on any atom is -0.478 e. The highest BCUT2D eigenvalue weighted by Gasteiger charge is 2.12. The van der Waals surface area contributed by atoms with Gasteiger partial charge < -0.3 is 5.11 Å². The fourth-order valence-electron chi connectivity index (χ4n) is 2.32. The molecule has 0 aliphatic rings. The summed E-state index contributed by atoms with van der Waals surface area (Å²) in [4.78, 5) is 11.5. The molecular formula is C17H10BrClO2. The van der Waals surface area contributed by atoms with Crippen LogP contribution in [-0.4, -0.2) is 11.1 Å². The first kappa shape index (κ1) is 14.1. The maximum atomic E-state index is 11.5. The Morgan fingerprint density at radius 2 is 1.67 bits per heavy atom. The molecule has 0 saturated heterocycles. The molecule has 0 aliphatic heterocycles. The van der Waals surface area contributed by atoms with Crippen LogP contribution in [0.25, 0.3) is 21.9 Å². The molecule has 0 saturated carbocycles. The molecule has 4 heteroatoms. The molecule has 21 heavy (non-hydrogen) atoms. The summed E-state index contributed by atoms with van der Waals surface area (Å²) in [5.74, 6) is -0.936. The fourth-order valence-corrected chi connectivity index (χ4v) is 2.80. The van der Waals surface area contributed by atoms with Gasteiger partial charge in [-0.2, -0.15) is 0 Å². The molecule has 0 aromatic heterocycles. The zero-order valence-electron chi connectivity index (χ0n) is 10.8. The van der Waals surface area contributed by atoms with Crippen molar-refractivity contribution in [3.05, 3.63) is 69.7 Å². The second-order valence-electron chi connectivity index (χ2n) is 4.70. The minimum atomic E-state index is -0.936. The van der Waals surface area contributed by atoms with Crippen LogP contribution in [-0.2, 0) is 0 Å². The standard InChI is InChI=1S/C17H10BrClO2/c18-13-4-1-11-7-12(10-2-5-14(19)6-3-10)8-16(17(20)21)15(11)9-13/h1-9H,(H,20,21). The Labute approximate surface area is 135 Å². The van der Waals surface area contributed by atoms with Crippen LogP contribution in [0.5, 0.6) is 0 Å². The summed E-state index contributed by atoms with van der Waals surface area (Å²) in [5.41, 5.74) is 2.09. The van der Waals surface area contributed by atoms with E-state index in [0.29, 0.717) is 10.6 Å². The van der Waals surface area contributed by atoms with Gasteiger partial charge in [-0.15, -0.1) is 0 Å². The van der Waals surface area contributed by atoms with E-state index in [1.165, 1.54) is 0 Å². The van der Waals surface area contributed by atoms with Gasteiger partial charge >= 0.3 is 5.97 Å². The SMILES string of the molecule is O=C(O)c1cc(-c2ccc(Cl)cc2)cc2ccc(Br)cc12. The Balaban J connectivity index is 2.28. The fraction of sp³-hybridized carbons (Fsp3) is 0. The molecular weight excluding hydrogens is 352 g/mol. The number of rotatable bonds is 2. The zero-order valence-corrected chi connectivity index (χ0v) is 13.1. The van der Waals surface area contributed by atoms with E-state index in [-0.39, 0.29) is 0 Å². The zero-order chi connectivity index (χ0) is 15.0. The van der Waals surface area contributed by atoms with Crippen molar-refractivity contribution < 1.29 is 9.90 Å². The van der Waals surface area contributed by atoms with Gasteiger partial charge in [-0.3, -0.25) is 0 Å². The second kappa shape index (κ2) is 5.51. The van der Waals surface area contributed by atoms with Crippen molar-refractivity contribution in [3.8, 4) is 11.1 Å². The number of hydrogen-bond donors (Lipinski definition) is 1. The molecule has 3 rings (SSSR count). The molecule has 0 spiro atoms. The summed E-state index contributed by atoms with van der Waals surface area (Å²) in [6.45, 7) is 0. The minimum absolute atomic E-state index is 0.291. The lowest BCUT2D eigenvalue weighted by Crippen LogP contribution is -1.98. The van der Waals surface area contributed by atoms with Gasteiger partial charge in [0, 0.05) is 9.50 Å². The van der Waals surface area contributed by atoms with Crippen molar-refractivity contribution >= 4 is 44.3 Å². The normalized spacial score (nSPS) is 10.8. The average Bonchev–Trinajstić information content (AvgIpc) is 2.46. The van der Waals surface area contributed by atoms with Gasteiger partial charge in [0.25, 0.3) is 0 Å². The largest absolute Gasteiger partial charge is 0.478 e. The number of hydrogen-bond acceptors (Lipinski definition) is 1. The third-order valence-electron chi connectivity index (χ3n) is 3.32. The highest BCUT2D eigenvalue weighted by molar-refractivity contribution is 9.10. The van der Waals surface area contributed by atoms with Crippen molar-refractivity contribution in [1.82, 2.24) is 0 Å². The number of aromatic carboxylic acids is 1. The first-order valence-corrected chi connectivity index (χ1v) is 7.44. The smallest absolute Gasteiger partial charge is 0.336 e. The Bertz CT molecular complexity index is 841. The summed E-state index contributed by atoms with van der Waals surface area (Å²) in [6.07, 6.45) is 0. The van der Waals surface area contributed by atoms with Crippen LogP contribution in [0.15, 0.2) is 59.1 Å². The highest BCUT2D eigenvalue weighted by Crippen LogP contribution is 2.30. The summed E-state index contributed by atoms with van der Waals surface area (Å²) in [6, 6.07) is 16.7. The van der Waals surface area contributed by atoms with Gasteiger partial charge in [0.1, 0.15) is 0 Å². The van der Waals surface area contributed by atoms with E-state index in [4.69, 9.17) is 11.6 Å². The first-order chi connectivity index (χ1) is 10.0. The highest BCUT2D eigenvalue weighted by atomic mass is 79.9. The number of halogens is 2. The lowest BCUT2D eigenvalue weighted by Gasteiger charge is -2.08. The van der Waals surface area contributed by atoms with Gasteiger partial charge in [0.2, 0.25) is 0 Å². The number of carboxylic acid groups (broad SMARTS) is 1. The molecule has 2 nitrogen and oxygen atoms in total. The van der Waals surface area contributed by atoms with Crippen molar-refractivity contribution in [2.24, 2.45) is 0 Å². The lowest BCUT2D eigenvalue weighted by atomic mass is 9.97. The van der Waals surface area contributed by atoms with Crippen LogP contribution in [0.1, 0.15) is 10.4 Å². The van der Waals surface area contributed by atoms with E-state index in [9.17, 15) is 9.90 Å². The van der Waals surface area contributed by atoms with E-state index in [1.807, 2.05) is 36.4 Å². The van der Waals surface area contributed by atoms with Gasteiger partial charge in [-0.05, 0) is 58.3 Å². The molecule has 0 unspecified atom stereocenters. The third kappa shape index (κ3) is 2.80. The average molecular weight is 362 g/mol. The molecule has 0 amide bonds. The molecule has 0 aliphatic carbocycles. The van der Waals surface area contributed by atoms with Gasteiger partial charge in [-0.25, -0.2) is 4.79 Å². The summed E-state index contributed by atoms with van der Waals surface area (Å²) in [7, 11) is 0. The molecule has 0 bridgehead atoms. The summed E-state index contributed by atoms with van der Waals surface area (Å²) < 4.78 is 0.858. The van der Waals surface area contributed by atoms with Crippen molar-refractivity contribution in [3.63, 3.8) is 0 Å². The number of benzene rings is 3. The predicted molar refractivity (Wildman–Crippen MR) is 89.1 cm³/mol. The van der Waals surface area contributed by atoms with E-state index in [0.717, 1.165) is 26.4 Å². The quantitative estimate of drug-likeness (QED) is 0.643. The summed E-state index contributed by atoms with van der Waals surface area (Å²) in [5, 5.41) is 11.7. The van der Waals surface area contributed by atoms with Crippen molar-refractivity contribution in [2.75, 3.05) is 0 Å². The van der Waals surface area contributed by atoms with Crippen LogP contribution < -0.4 is 0 Å². The number of fused-ring (bicyclic) bond motifs is 1. The van der Waals surface area contributed by atoms with Crippen molar-refractivity contribution in [2.45, 2.75) is 0 Å². The van der Waals surface area contributed by atoms with Crippen LogP contribution >= 0.6 is 27.5 Å². The Morgan fingerprint density at radius 1 is 0.952 bits per heavy atom. The molecule has 1 N–H and O–H groups in total. The molecule has 0 atom stereocenters. The van der Waals surface area contributed by atoms with E-state index >= 15 is 0 Å². The first-order valence-electron chi connectivity index (χ1n) is 6.27. The molecule has 0 radical (unpaired) electrons. The van der Waals surface area contributed by atoms with Gasteiger partial charge in [0.15, 0.2) is 0 Å². The molecule has 3 aromatic rings. The van der Waals surface area contributed by atoms with Crippen LogP contribution in [0.2, 0.25) is 5.02 Å². The molecule has 0 heterocycles. The summed E-state index contributed by atoms with van der Waals surface area (Å²) >= 11 is 9.27. The predicted octanol–water partition coefficient (Wildman–Crippen LogP) is 5.62. The second-order valence-corrected chi connectivity index (χ2v) is 6.05. The molecule has 104 valence electrons. The van der Waals surface area contributed by atoms with Crippen LogP contribution in [0.3, 0.4) is 0 Å². The monoisotopic (exact) mass is 360 g/mol. The van der Waals surface area contributed by atoms with Crippen LogP contribution in [0.4, 0.5) is 0 Å². The Hall–Kier alpha value is -1.84. The Kier molecular flexibility index (Phi) is 3.70. The van der Waals surface area contributed by atoms with E-state index in [2.05, 4.69) is 15.9 Å². The Morgan fingerprint density at radius 3 is 2.33 bits per heavy atom.